The molecule has 3 nitrogen and oxygen atoms in total. The number of rotatable bonds is 3. The standard InChI is InChI=1S/C15H15Cl2N3S/c1-9(11-6-4-3-5-7-11)19-15(21)20-14-13(17)8-12(16)10(2)18-14/h3-9H,1-2H3,(H2,18,19,20,21). The predicted octanol–water partition coefficient (Wildman–Crippen LogP) is 4.74. The molecule has 110 valence electrons. The molecule has 0 fully saturated rings. The maximum atomic E-state index is 6.10. The lowest BCUT2D eigenvalue weighted by atomic mass is 10.1. The van der Waals surface area contributed by atoms with E-state index in [2.05, 4.69) is 15.6 Å². The minimum atomic E-state index is 0.0818. The van der Waals surface area contributed by atoms with Crippen LogP contribution in [-0.2, 0) is 0 Å². The third-order valence-corrected chi connectivity index (χ3v) is 3.87. The van der Waals surface area contributed by atoms with Crippen molar-refractivity contribution in [2.75, 3.05) is 5.32 Å². The topological polar surface area (TPSA) is 37.0 Å². The van der Waals surface area contributed by atoms with Crippen LogP contribution in [-0.4, -0.2) is 10.1 Å². The van der Waals surface area contributed by atoms with Crippen molar-refractivity contribution in [3.63, 3.8) is 0 Å². The number of aromatic nitrogens is 1. The van der Waals surface area contributed by atoms with Crippen molar-refractivity contribution in [3.8, 4) is 0 Å². The number of pyridine rings is 1. The van der Waals surface area contributed by atoms with Crippen LogP contribution in [0.2, 0.25) is 10.0 Å². The molecule has 1 atom stereocenters. The molecular formula is C15H15Cl2N3S. The fourth-order valence-electron chi connectivity index (χ4n) is 1.81. The first kappa shape index (κ1) is 16.0. The zero-order chi connectivity index (χ0) is 15.4. The van der Waals surface area contributed by atoms with Crippen LogP contribution < -0.4 is 10.6 Å². The molecule has 0 saturated carbocycles. The number of hydrogen-bond acceptors (Lipinski definition) is 2. The van der Waals surface area contributed by atoms with Gasteiger partial charge in [0.05, 0.1) is 21.8 Å². The molecule has 1 unspecified atom stereocenters. The number of thiocarbonyl (C=S) groups is 1. The smallest absolute Gasteiger partial charge is 0.172 e. The summed E-state index contributed by atoms with van der Waals surface area (Å²) in [6.45, 7) is 3.85. The van der Waals surface area contributed by atoms with E-state index in [1.54, 1.807) is 6.07 Å². The van der Waals surface area contributed by atoms with Gasteiger partial charge >= 0.3 is 0 Å². The van der Waals surface area contributed by atoms with E-state index in [-0.39, 0.29) is 6.04 Å². The Bertz CT molecular complexity index is 647. The third-order valence-electron chi connectivity index (χ3n) is 2.98. The van der Waals surface area contributed by atoms with E-state index < -0.39 is 0 Å². The van der Waals surface area contributed by atoms with E-state index in [9.17, 15) is 0 Å². The Kier molecular flexibility index (Phi) is 5.39. The van der Waals surface area contributed by atoms with E-state index >= 15 is 0 Å². The van der Waals surface area contributed by atoms with Crippen LogP contribution in [0.5, 0.6) is 0 Å². The van der Waals surface area contributed by atoms with Crippen molar-refractivity contribution in [2.45, 2.75) is 19.9 Å². The van der Waals surface area contributed by atoms with Gasteiger partial charge in [-0.2, -0.15) is 0 Å². The highest BCUT2D eigenvalue weighted by molar-refractivity contribution is 7.80. The minimum Gasteiger partial charge on any atom is -0.356 e. The van der Waals surface area contributed by atoms with Gasteiger partial charge in [0.2, 0.25) is 0 Å². The van der Waals surface area contributed by atoms with Crippen molar-refractivity contribution in [2.24, 2.45) is 0 Å². The van der Waals surface area contributed by atoms with Crippen LogP contribution in [0.3, 0.4) is 0 Å². The van der Waals surface area contributed by atoms with Gasteiger partial charge in [-0.1, -0.05) is 53.5 Å². The summed E-state index contributed by atoms with van der Waals surface area (Å²) in [5.74, 6) is 0.497. The Morgan fingerprint density at radius 1 is 1.19 bits per heavy atom. The van der Waals surface area contributed by atoms with Gasteiger partial charge in [0.25, 0.3) is 0 Å². The summed E-state index contributed by atoms with van der Waals surface area (Å²) >= 11 is 17.4. The van der Waals surface area contributed by atoms with Gasteiger partial charge in [0.15, 0.2) is 10.9 Å². The number of aryl methyl sites for hydroxylation is 1. The first-order chi connectivity index (χ1) is 9.97. The summed E-state index contributed by atoms with van der Waals surface area (Å²) in [6.07, 6.45) is 0. The second kappa shape index (κ2) is 7.07. The quantitative estimate of drug-likeness (QED) is 0.791. The summed E-state index contributed by atoms with van der Waals surface area (Å²) in [6, 6.07) is 11.8. The average molecular weight is 340 g/mol. The molecule has 0 aliphatic rings. The van der Waals surface area contributed by atoms with E-state index in [0.29, 0.717) is 26.7 Å². The molecule has 0 aliphatic heterocycles. The highest BCUT2D eigenvalue weighted by atomic mass is 35.5. The highest BCUT2D eigenvalue weighted by Gasteiger charge is 2.10. The first-order valence-corrected chi connectivity index (χ1v) is 7.59. The third kappa shape index (κ3) is 4.30. The Morgan fingerprint density at radius 2 is 1.86 bits per heavy atom. The summed E-state index contributed by atoms with van der Waals surface area (Å²) in [7, 11) is 0. The summed E-state index contributed by atoms with van der Waals surface area (Å²) < 4.78 is 0. The van der Waals surface area contributed by atoms with Crippen molar-refractivity contribution in [3.05, 3.63) is 57.7 Å². The molecule has 2 N–H and O–H groups in total. The van der Waals surface area contributed by atoms with Crippen molar-refractivity contribution < 1.29 is 0 Å². The predicted molar refractivity (Wildman–Crippen MR) is 93.2 cm³/mol. The Morgan fingerprint density at radius 3 is 2.52 bits per heavy atom. The second-order valence-electron chi connectivity index (χ2n) is 4.62. The van der Waals surface area contributed by atoms with Crippen molar-refractivity contribution >= 4 is 46.4 Å². The second-order valence-corrected chi connectivity index (χ2v) is 5.84. The molecule has 21 heavy (non-hydrogen) atoms. The summed E-state index contributed by atoms with van der Waals surface area (Å²) in [5, 5.41) is 7.62. The van der Waals surface area contributed by atoms with Crippen LogP contribution in [0, 0.1) is 6.92 Å². The average Bonchev–Trinajstić information content (AvgIpc) is 2.45. The molecule has 6 heteroatoms. The van der Waals surface area contributed by atoms with Gasteiger partial charge in [-0.3, -0.25) is 0 Å². The molecular weight excluding hydrogens is 325 g/mol. The zero-order valence-corrected chi connectivity index (χ0v) is 14.0. The van der Waals surface area contributed by atoms with Gasteiger partial charge in [-0.15, -0.1) is 0 Å². The van der Waals surface area contributed by atoms with Crippen molar-refractivity contribution in [1.29, 1.82) is 0 Å². The Hall–Kier alpha value is -1.36. The molecule has 0 saturated heterocycles. The first-order valence-electron chi connectivity index (χ1n) is 6.42. The molecule has 2 rings (SSSR count). The normalized spacial score (nSPS) is 11.8. The van der Waals surface area contributed by atoms with Gasteiger partial charge in [-0.25, -0.2) is 4.98 Å². The fraction of sp³-hybridized carbons (Fsp3) is 0.200. The van der Waals surface area contributed by atoms with Crippen LogP contribution in [0.4, 0.5) is 5.82 Å². The number of nitrogens with one attached hydrogen (secondary N) is 2. The molecule has 0 radical (unpaired) electrons. The van der Waals surface area contributed by atoms with Crippen LogP contribution in [0.15, 0.2) is 36.4 Å². The molecule has 0 spiro atoms. The molecule has 0 aliphatic carbocycles. The number of nitrogens with zero attached hydrogens (tertiary/aromatic N) is 1. The van der Waals surface area contributed by atoms with Crippen LogP contribution >= 0.6 is 35.4 Å². The maximum absolute atomic E-state index is 6.10. The lowest BCUT2D eigenvalue weighted by Crippen LogP contribution is -2.31. The summed E-state index contributed by atoms with van der Waals surface area (Å²) in [4.78, 5) is 4.29. The molecule has 1 heterocycles. The fourth-order valence-corrected chi connectivity index (χ4v) is 2.49. The Balaban J connectivity index is 2.04. The van der Waals surface area contributed by atoms with E-state index in [1.165, 1.54) is 0 Å². The maximum Gasteiger partial charge on any atom is 0.172 e. The summed E-state index contributed by atoms with van der Waals surface area (Å²) in [5.41, 5.74) is 1.84. The molecule has 0 bridgehead atoms. The van der Waals surface area contributed by atoms with Gasteiger partial charge in [0.1, 0.15) is 0 Å². The van der Waals surface area contributed by atoms with Crippen molar-refractivity contribution in [1.82, 2.24) is 10.3 Å². The number of benzene rings is 1. The number of halogens is 2. The van der Waals surface area contributed by atoms with Gasteiger partial charge in [0, 0.05) is 0 Å². The number of hydrogen-bond donors (Lipinski definition) is 2. The van der Waals surface area contributed by atoms with E-state index in [1.807, 2.05) is 44.2 Å². The zero-order valence-electron chi connectivity index (χ0n) is 11.7. The SMILES string of the molecule is Cc1nc(NC(=S)NC(C)c2ccccc2)c(Cl)cc1Cl. The van der Waals surface area contributed by atoms with E-state index in [0.717, 1.165) is 5.56 Å². The largest absolute Gasteiger partial charge is 0.356 e. The number of anilines is 1. The highest BCUT2D eigenvalue weighted by Crippen LogP contribution is 2.25. The van der Waals surface area contributed by atoms with Crippen LogP contribution in [0.25, 0.3) is 0 Å². The monoisotopic (exact) mass is 339 g/mol. The molecule has 0 amide bonds. The molecule has 1 aromatic carbocycles. The molecule has 2 aromatic rings. The lowest BCUT2D eigenvalue weighted by Gasteiger charge is -2.17. The van der Waals surface area contributed by atoms with Crippen LogP contribution in [0.1, 0.15) is 24.2 Å². The minimum absolute atomic E-state index is 0.0818. The van der Waals surface area contributed by atoms with E-state index in [4.69, 9.17) is 35.4 Å². The lowest BCUT2D eigenvalue weighted by molar-refractivity contribution is 0.722. The van der Waals surface area contributed by atoms with Gasteiger partial charge < -0.3 is 10.6 Å². The molecule has 1 aromatic heterocycles. The Labute approximate surface area is 139 Å². The van der Waals surface area contributed by atoms with Gasteiger partial charge in [-0.05, 0) is 37.7 Å².